The molecule has 112 valence electrons. The van der Waals surface area contributed by atoms with E-state index in [0.717, 1.165) is 32.4 Å². The van der Waals surface area contributed by atoms with E-state index >= 15 is 0 Å². The Kier molecular flexibility index (Phi) is 6.80. The average Bonchev–Trinajstić information content (AvgIpc) is 2.37. The third-order valence-electron chi connectivity index (χ3n) is 4.15. The average molecular weight is 269 g/mol. The fraction of sp³-hybridized carbons (Fsp3) is 0.933. The molecule has 19 heavy (non-hydrogen) atoms. The van der Waals surface area contributed by atoms with Gasteiger partial charge < -0.3 is 15.5 Å². The van der Waals surface area contributed by atoms with E-state index < -0.39 is 0 Å². The second kappa shape index (κ2) is 7.85. The van der Waals surface area contributed by atoms with Gasteiger partial charge in [0.25, 0.3) is 0 Å². The Morgan fingerprint density at radius 1 is 1.32 bits per heavy atom. The highest BCUT2D eigenvalue weighted by Gasteiger charge is 2.25. The van der Waals surface area contributed by atoms with Gasteiger partial charge >= 0.3 is 0 Å². The van der Waals surface area contributed by atoms with Crippen molar-refractivity contribution in [3.05, 3.63) is 0 Å². The van der Waals surface area contributed by atoms with Crippen molar-refractivity contribution in [1.29, 1.82) is 0 Å². The lowest BCUT2D eigenvalue weighted by molar-refractivity contribution is -0.133. The van der Waals surface area contributed by atoms with Crippen LogP contribution in [-0.4, -0.2) is 55.5 Å². The Morgan fingerprint density at radius 2 is 1.89 bits per heavy atom. The molecule has 0 bridgehead atoms. The van der Waals surface area contributed by atoms with Gasteiger partial charge in [0.05, 0.1) is 0 Å². The number of likely N-dealkylation sites (tertiary alicyclic amines) is 1. The highest BCUT2D eigenvalue weighted by molar-refractivity contribution is 5.76. The number of piperidine rings is 1. The van der Waals surface area contributed by atoms with Crippen molar-refractivity contribution < 1.29 is 4.79 Å². The molecule has 1 rings (SSSR count). The number of hydrogen-bond acceptors (Lipinski definition) is 3. The lowest BCUT2D eigenvalue weighted by atomic mass is 9.93. The number of nitrogens with two attached hydrogens (primary N) is 1. The molecular formula is C15H31N3O. The van der Waals surface area contributed by atoms with Gasteiger partial charge in [-0.15, -0.1) is 0 Å². The van der Waals surface area contributed by atoms with Crippen molar-refractivity contribution in [3.8, 4) is 0 Å². The highest BCUT2D eigenvalue weighted by Crippen LogP contribution is 2.19. The van der Waals surface area contributed by atoms with Crippen LogP contribution in [0.2, 0.25) is 0 Å². The van der Waals surface area contributed by atoms with Crippen molar-refractivity contribution in [1.82, 2.24) is 9.80 Å². The normalized spacial score (nSPS) is 19.2. The SMILES string of the molecule is CC(C)C[C@H](CN)CC(=O)N1CCC(N(C)C)CC1. The lowest BCUT2D eigenvalue weighted by Gasteiger charge is -2.35. The molecule has 1 aliphatic heterocycles. The van der Waals surface area contributed by atoms with Gasteiger partial charge in [-0.2, -0.15) is 0 Å². The van der Waals surface area contributed by atoms with Crippen LogP contribution in [0.3, 0.4) is 0 Å². The molecule has 0 aliphatic carbocycles. The summed E-state index contributed by atoms with van der Waals surface area (Å²) in [6.07, 6.45) is 3.87. The van der Waals surface area contributed by atoms with E-state index in [2.05, 4.69) is 32.8 Å². The second-order valence-corrected chi connectivity index (χ2v) is 6.51. The Bertz CT molecular complexity index is 271. The minimum Gasteiger partial charge on any atom is -0.343 e. The highest BCUT2D eigenvalue weighted by atomic mass is 16.2. The molecule has 0 aromatic heterocycles. The van der Waals surface area contributed by atoms with Crippen LogP contribution in [0.5, 0.6) is 0 Å². The minimum absolute atomic E-state index is 0.299. The predicted molar refractivity (Wildman–Crippen MR) is 79.9 cm³/mol. The Hall–Kier alpha value is -0.610. The molecule has 0 spiro atoms. The van der Waals surface area contributed by atoms with Crippen LogP contribution < -0.4 is 5.73 Å². The smallest absolute Gasteiger partial charge is 0.222 e. The van der Waals surface area contributed by atoms with E-state index in [-0.39, 0.29) is 0 Å². The summed E-state index contributed by atoms with van der Waals surface area (Å²) < 4.78 is 0. The summed E-state index contributed by atoms with van der Waals surface area (Å²) in [5.41, 5.74) is 5.78. The van der Waals surface area contributed by atoms with Gasteiger partial charge in [-0.1, -0.05) is 13.8 Å². The maximum absolute atomic E-state index is 12.3. The van der Waals surface area contributed by atoms with Crippen molar-refractivity contribution >= 4 is 5.91 Å². The molecule has 1 amide bonds. The molecule has 2 N–H and O–H groups in total. The molecule has 0 radical (unpaired) electrons. The van der Waals surface area contributed by atoms with Crippen LogP contribution in [-0.2, 0) is 4.79 Å². The van der Waals surface area contributed by atoms with Gasteiger partial charge in [0.1, 0.15) is 0 Å². The van der Waals surface area contributed by atoms with Gasteiger partial charge in [-0.25, -0.2) is 0 Å². The molecule has 1 fully saturated rings. The van der Waals surface area contributed by atoms with Gasteiger partial charge in [0.15, 0.2) is 0 Å². The molecule has 1 saturated heterocycles. The Morgan fingerprint density at radius 3 is 2.32 bits per heavy atom. The van der Waals surface area contributed by atoms with E-state index in [4.69, 9.17) is 5.73 Å². The standard InChI is InChI=1S/C15H31N3O/c1-12(2)9-13(11-16)10-15(19)18-7-5-14(6-8-18)17(3)4/h12-14H,5-11,16H2,1-4H3/t13-/m0/s1. The summed E-state index contributed by atoms with van der Waals surface area (Å²) in [6.45, 7) is 6.81. The van der Waals surface area contributed by atoms with Gasteiger partial charge in [-0.05, 0) is 51.7 Å². The fourth-order valence-corrected chi connectivity index (χ4v) is 2.94. The van der Waals surface area contributed by atoms with E-state index in [1.165, 1.54) is 0 Å². The molecule has 1 aliphatic rings. The molecule has 0 aromatic rings. The Labute approximate surface area is 118 Å². The van der Waals surface area contributed by atoms with Crippen LogP contribution in [0.25, 0.3) is 0 Å². The molecule has 0 aromatic carbocycles. The maximum Gasteiger partial charge on any atom is 0.222 e. The van der Waals surface area contributed by atoms with E-state index in [1.54, 1.807) is 0 Å². The first-order valence-corrected chi connectivity index (χ1v) is 7.58. The summed E-state index contributed by atoms with van der Waals surface area (Å²) in [7, 11) is 4.24. The van der Waals surface area contributed by atoms with E-state index in [0.29, 0.717) is 36.8 Å². The number of carbonyl (C=O) groups excluding carboxylic acids is 1. The first kappa shape index (κ1) is 16.4. The number of nitrogens with zero attached hydrogens (tertiary/aromatic N) is 2. The Balaban J connectivity index is 2.38. The monoisotopic (exact) mass is 269 g/mol. The van der Waals surface area contributed by atoms with Crippen molar-refractivity contribution in [2.24, 2.45) is 17.6 Å². The van der Waals surface area contributed by atoms with Gasteiger partial charge in [0, 0.05) is 25.6 Å². The van der Waals surface area contributed by atoms with Crippen LogP contribution in [0.4, 0.5) is 0 Å². The molecule has 1 heterocycles. The molecule has 0 saturated carbocycles. The summed E-state index contributed by atoms with van der Waals surface area (Å²) in [5, 5.41) is 0. The number of rotatable bonds is 6. The number of carbonyl (C=O) groups is 1. The van der Waals surface area contributed by atoms with E-state index in [1.807, 2.05) is 4.90 Å². The van der Waals surface area contributed by atoms with Gasteiger partial charge in [0.2, 0.25) is 5.91 Å². The quantitative estimate of drug-likeness (QED) is 0.796. The fourth-order valence-electron chi connectivity index (χ4n) is 2.94. The summed E-state index contributed by atoms with van der Waals surface area (Å²) in [5.74, 6) is 1.26. The summed E-state index contributed by atoms with van der Waals surface area (Å²) >= 11 is 0. The van der Waals surface area contributed by atoms with Crippen LogP contribution in [0.15, 0.2) is 0 Å². The third-order valence-corrected chi connectivity index (χ3v) is 4.15. The first-order valence-electron chi connectivity index (χ1n) is 7.58. The van der Waals surface area contributed by atoms with E-state index in [9.17, 15) is 4.79 Å². The molecule has 4 nitrogen and oxygen atoms in total. The van der Waals surface area contributed by atoms with Crippen LogP contribution in [0, 0.1) is 11.8 Å². The lowest BCUT2D eigenvalue weighted by Crippen LogP contribution is -2.45. The first-order chi connectivity index (χ1) is 8.93. The van der Waals surface area contributed by atoms with Crippen molar-refractivity contribution in [2.45, 2.75) is 45.6 Å². The summed E-state index contributed by atoms with van der Waals surface area (Å²) in [4.78, 5) is 16.6. The zero-order chi connectivity index (χ0) is 14.4. The number of hydrogen-bond donors (Lipinski definition) is 1. The van der Waals surface area contributed by atoms with Crippen molar-refractivity contribution in [3.63, 3.8) is 0 Å². The molecular weight excluding hydrogens is 238 g/mol. The van der Waals surface area contributed by atoms with Crippen LogP contribution >= 0.6 is 0 Å². The summed E-state index contributed by atoms with van der Waals surface area (Å²) in [6, 6.07) is 0.630. The predicted octanol–water partition coefficient (Wildman–Crippen LogP) is 1.55. The molecule has 0 unspecified atom stereocenters. The topological polar surface area (TPSA) is 49.6 Å². The zero-order valence-electron chi connectivity index (χ0n) is 13.1. The molecule has 4 heteroatoms. The van der Waals surface area contributed by atoms with Crippen molar-refractivity contribution in [2.75, 3.05) is 33.7 Å². The van der Waals surface area contributed by atoms with Gasteiger partial charge in [-0.3, -0.25) is 4.79 Å². The maximum atomic E-state index is 12.3. The minimum atomic E-state index is 0.299. The number of amides is 1. The van der Waals surface area contributed by atoms with Crippen LogP contribution in [0.1, 0.15) is 39.5 Å². The molecule has 1 atom stereocenters. The third kappa shape index (κ3) is 5.49. The largest absolute Gasteiger partial charge is 0.343 e. The second-order valence-electron chi connectivity index (χ2n) is 6.51. The zero-order valence-corrected chi connectivity index (χ0v) is 13.1.